The Bertz CT molecular complexity index is 337. The maximum atomic E-state index is 5.82. The lowest BCUT2D eigenvalue weighted by Crippen LogP contribution is -2.12. The molecule has 0 spiro atoms. The molecule has 1 atom stereocenters. The van der Waals surface area contributed by atoms with Gasteiger partial charge in [-0.15, -0.1) is 0 Å². The summed E-state index contributed by atoms with van der Waals surface area (Å²) in [5, 5.41) is 0. The highest BCUT2D eigenvalue weighted by molar-refractivity contribution is 9.10. The Balaban J connectivity index is 1.92. The Morgan fingerprint density at radius 3 is 3.07 bits per heavy atom. The summed E-state index contributed by atoms with van der Waals surface area (Å²) in [4.78, 5) is 0. The summed E-state index contributed by atoms with van der Waals surface area (Å²) in [5.41, 5.74) is 6.49. The van der Waals surface area contributed by atoms with E-state index < -0.39 is 0 Å². The van der Waals surface area contributed by atoms with Crippen molar-refractivity contribution in [3.63, 3.8) is 0 Å². The Morgan fingerprint density at radius 1 is 1.53 bits per heavy atom. The van der Waals surface area contributed by atoms with Gasteiger partial charge in [0.2, 0.25) is 0 Å². The van der Waals surface area contributed by atoms with Crippen molar-refractivity contribution >= 4 is 21.6 Å². The van der Waals surface area contributed by atoms with Gasteiger partial charge in [0, 0.05) is 17.0 Å². The van der Waals surface area contributed by atoms with Crippen LogP contribution in [0.1, 0.15) is 6.42 Å². The quantitative estimate of drug-likeness (QED) is 0.859. The van der Waals surface area contributed by atoms with E-state index in [9.17, 15) is 0 Å². The Labute approximate surface area is 97.7 Å². The van der Waals surface area contributed by atoms with Gasteiger partial charge < -0.3 is 15.2 Å². The van der Waals surface area contributed by atoms with Crippen LogP contribution in [0.4, 0.5) is 5.69 Å². The lowest BCUT2D eigenvalue weighted by Gasteiger charge is -2.12. The van der Waals surface area contributed by atoms with E-state index in [0.29, 0.717) is 18.2 Å². The standard InChI is InChI=1S/C11H14BrNO2/c12-9-1-2-11(10(13)5-9)15-7-8-3-4-14-6-8/h1-2,5,8H,3-4,6-7,13H2/t8-/m1/s1. The summed E-state index contributed by atoms with van der Waals surface area (Å²) in [6.07, 6.45) is 1.08. The summed E-state index contributed by atoms with van der Waals surface area (Å²) < 4.78 is 11.9. The molecule has 15 heavy (non-hydrogen) atoms. The Morgan fingerprint density at radius 2 is 2.40 bits per heavy atom. The van der Waals surface area contributed by atoms with E-state index in [2.05, 4.69) is 15.9 Å². The molecule has 1 aliphatic rings. The SMILES string of the molecule is Nc1cc(Br)ccc1OC[C@@H]1CCOC1. The van der Waals surface area contributed by atoms with E-state index in [-0.39, 0.29) is 0 Å². The highest BCUT2D eigenvalue weighted by Crippen LogP contribution is 2.26. The lowest BCUT2D eigenvalue weighted by atomic mass is 10.1. The summed E-state index contributed by atoms with van der Waals surface area (Å²) in [5.74, 6) is 1.26. The van der Waals surface area contributed by atoms with Crippen molar-refractivity contribution in [2.75, 3.05) is 25.6 Å². The summed E-state index contributed by atoms with van der Waals surface area (Å²) >= 11 is 3.36. The minimum atomic E-state index is 0.507. The largest absolute Gasteiger partial charge is 0.491 e. The first kappa shape index (κ1) is 10.8. The fourth-order valence-corrected chi connectivity index (χ4v) is 1.95. The number of nitrogen functional groups attached to an aromatic ring is 1. The second-order valence-corrected chi connectivity index (χ2v) is 4.64. The molecular formula is C11H14BrNO2. The first-order valence-electron chi connectivity index (χ1n) is 5.01. The summed E-state index contributed by atoms with van der Waals surface area (Å²) in [6, 6.07) is 5.66. The molecule has 4 heteroatoms. The minimum absolute atomic E-state index is 0.507. The van der Waals surface area contributed by atoms with Crippen molar-refractivity contribution in [3.8, 4) is 5.75 Å². The van der Waals surface area contributed by atoms with Gasteiger partial charge in [-0.25, -0.2) is 0 Å². The van der Waals surface area contributed by atoms with Gasteiger partial charge in [-0.05, 0) is 24.6 Å². The van der Waals surface area contributed by atoms with Gasteiger partial charge in [-0.1, -0.05) is 15.9 Å². The summed E-state index contributed by atoms with van der Waals surface area (Å²) in [7, 11) is 0. The molecule has 0 amide bonds. The molecule has 0 bridgehead atoms. The van der Waals surface area contributed by atoms with Gasteiger partial charge in [0.25, 0.3) is 0 Å². The van der Waals surface area contributed by atoms with Crippen LogP contribution >= 0.6 is 15.9 Å². The molecule has 0 saturated carbocycles. The third kappa shape index (κ3) is 2.86. The number of anilines is 1. The third-order valence-electron chi connectivity index (χ3n) is 2.47. The minimum Gasteiger partial charge on any atom is -0.491 e. The second-order valence-electron chi connectivity index (χ2n) is 3.72. The number of hydrogen-bond acceptors (Lipinski definition) is 3. The van der Waals surface area contributed by atoms with Crippen molar-refractivity contribution < 1.29 is 9.47 Å². The number of halogens is 1. The van der Waals surface area contributed by atoms with Crippen LogP contribution in [0.5, 0.6) is 5.75 Å². The van der Waals surface area contributed by atoms with E-state index in [1.54, 1.807) is 0 Å². The fourth-order valence-electron chi connectivity index (χ4n) is 1.57. The molecule has 1 aromatic carbocycles. The van der Waals surface area contributed by atoms with Crippen LogP contribution < -0.4 is 10.5 Å². The van der Waals surface area contributed by atoms with Crippen LogP contribution in [0, 0.1) is 5.92 Å². The topological polar surface area (TPSA) is 44.5 Å². The van der Waals surface area contributed by atoms with Crippen molar-refractivity contribution in [1.82, 2.24) is 0 Å². The van der Waals surface area contributed by atoms with Crippen LogP contribution in [0.2, 0.25) is 0 Å². The number of nitrogens with two attached hydrogens (primary N) is 1. The van der Waals surface area contributed by atoms with Crippen LogP contribution in [-0.4, -0.2) is 19.8 Å². The van der Waals surface area contributed by atoms with E-state index in [1.165, 1.54) is 0 Å². The molecule has 1 heterocycles. The zero-order valence-electron chi connectivity index (χ0n) is 8.41. The average Bonchev–Trinajstić information content (AvgIpc) is 2.69. The first-order valence-corrected chi connectivity index (χ1v) is 5.80. The summed E-state index contributed by atoms with van der Waals surface area (Å²) in [6.45, 7) is 2.34. The van der Waals surface area contributed by atoms with E-state index in [0.717, 1.165) is 29.9 Å². The van der Waals surface area contributed by atoms with E-state index in [1.807, 2.05) is 18.2 Å². The van der Waals surface area contributed by atoms with Gasteiger partial charge in [0.1, 0.15) is 5.75 Å². The van der Waals surface area contributed by atoms with Crippen molar-refractivity contribution in [2.45, 2.75) is 6.42 Å². The maximum Gasteiger partial charge on any atom is 0.142 e. The molecule has 1 aliphatic heterocycles. The zero-order valence-corrected chi connectivity index (χ0v) is 10.00. The molecule has 0 aliphatic carbocycles. The highest BCUT2D eigenvalue weighted by atomic mass is 79.9. The van der Waals surface area contributed by atoms with Crippen LogP contribution in [0.25, 0.3) is 0 Å². The highest BCUT2D eigenvalue weighted by Gasteiger charge is 2.16. The number of hydrogen-bond donors (Lipinski definition) is 1. The number of benzene rings is 1. The first-order chi connectivity index (χ1) is 7.25. The number of rotatable bonds is 3. The predicted octanol–water partition coefficient (Wildman–Crippen LogP) is 2.45. The molecule has 1 saturated heterocycles. The van der Waals surface area contributed by atoms with Crippen molar-refractivity contribution in [3.05, 3.63) is 22.7 Å². The molecule has 0 radical (unpaired) electrons. The molecular weight excluding hydrogens is 258 g/mol. The smallest absolute Gasteiger partial charge is 0.142 e. The Kier molecular flexibility index (Phi) is 3.49. The maximum absolute atomic E-state index is 5.82. The van der Waals surface area contributed by atoms with Crippen molar-refractivity contribution in [1.29, 1.82) is 0 Å². The lowest BCUT2D eigenvalue weighted by molar-refractivity contribution is 0.167. The third-order valence-corrected chi connectivity index (χ3v) is 2.96. The molecule has 0 aromatic heterocycles. The zero-order chi connectivity index (χ0) is 10.7. The Hall–Kier alpha value is -0.740. The van der Waals surface area contributed by atoms with Crippen LogP contribution in [-0.2, 0) is 4.74 Å². The average molecular weight is 272 g/mol. The number of ether oxygens (including phenoxy) is 2. The van der Waals surface area contributed by atoms with Crippen LogP contribution in [0.15, 0.2) is 22.7 Å². The van der Waals surface area contributed by atoms with Gasteiger partial charge in [0.15, 0.2) is 0 Å². The monoisotopic (exact) mass is 271 g/mol. The van der Waals surface area contributed by atoms with Crippen LogP contribution in [0.3, 0.4) is 0 Å². The second kappa shape index (κ2) is 4.86. The normalized spacial score (nSPS) is 20.5. The van der Waals surface area contributed by atoms with Gasteiger partial charge >= 0.3 is 0 Å². The van der Waals surface area contributed by atoms with Gasteiger partial charge in [0.05, 0.1) is 18.9 Å². The molecule has 1 aromatic rings. The predicted molar refractivity (Wildman–Crippen MR) is 63.0 cm³/mol. The molecule has 2 rings (SSSR count). The van der Waals surface area contributed by atoms with Crippen molar-refractivity contribution in [2.24, 2.45) is 5.92 Å². The molecule has 0 unspecified atom stereocenters. The van der Waals surface area contributed by atoms with E-state index >= 15 is 0 Å². The molecule has 2 N–H and O–H groups in total. The molecule has 82 valence electrons. The molecule has 3 nitrogen and oxygen atoms in total. The fraction of sp³-hybridized carbons (Fsp3) is 0.455. The van der Waals surface area contributed by atoms with Gasteiger partial charge in [-0.3, -0.25) is 0 Å². The van der Waals surface area contributed by atoms with E-state index in [4.69, 9.17) is 15.2 Å². The molecule has 1 fully saturated rings. The van der Waals surface area contributed by atoms with Gasteiger partial charge in [-0.2, -0.15) is 0 Å².